The molecule has 0 heterocycles. The molecule has 1 unspecified atom stereocenters. The number of aliphatic hydroxyl groups excluding tert-OH is 1. The zero-order chi connectivity index (χ0) is 11.3. The van der Waals surface area contributed by atoms with Crippen LogP contribution in [0.3, 0.4) is 0 Å². The van der Waals surface area contributed by atoms with Crippen LogP contribution < -0.4 is 0 Å². The number of hydrogen-bond acceptors (Lipinski definition) is 1. The van der Waals surface area contributed by atoms with Crippen LogP contribution in [0.2, 0.25) is 5.02 Å². The smallest absolute Gasteiger partial charge is 0.0790 e. The highest BCUT2D eigenvalue weighted by atomic mass is 79.9. The Balaban J connectivity index is 2.61. The number of halogens is 2. The van der Waals surface area contributed by atoms with Crippen LogP contribution >= 0.6 is 27.5 Å². The van der Waals surface area contributed by atoms with E-state index in [0.717, 1.165) is 29.3 Å². The molecule has 0 spiro atoms. The van der Waals surface area contributed by atoms with E-state index >= 15 is 0 Å². The first kappa shape index (κ1) is 12.8. The first-order valence-electron chi connectivity index (χ1n) is 4.89. The van der Waals surface area contributed by atoms with Crippen molar-refractivity contribution in [3.05, 3.63) is 45.9 Å². The first-order chi connectivity index (χ1) is 7.15. The van der Waals surface area contributed by atoms with Gasteiger partial charge < -0.3 is 5.11 Å². The van der Waals surface area contributed by atoms with Gasteiger partial charge in [-0.2, -0.15) is 0 Å². The van der Waals surface area contributed by atoms with Gasteiger partial charge in [-0.25, -0.2) is 0 Å². The predicted molar refractivity (Wildman–Crippen MR) is 68.2 cm³/mol. The van der Waals surface area contributed by atoms with Gasteiger partial charge in [-0.05, 0) is 52.9 Å². The molecule has 1 nitrogen and oxygen atoms in total. The van der Waals surface area contributed by atoms with Crippen molar-refractivity contribution in [1.29, 1.82) is 0 Å². The number of hydrogen-bond donors (Lipinski definition) is 1. The number of rotatable bonds is 5. The lowest BCUT2D eigenvalue weighted by molar-refractivity contribution is 0.165. The molecular formula is C12H14BrClO. The molecule has 1 aromatic rings. The molecule has 0 aliphatic rings. The maximum Gasteiger partial charge on any atom is 0.0790 e. The average Bonchev–Trinajstić information content (AvgIpc) is 2.22. The summed E-state index contributed by atoms with van der Waals surface area (Å²) in [5.41, 5.74) is 0.898. The van der Waals surface area contributed by atoms with E-state index in [9.17, 15) is 5.11 Å². The molecule has 0 aromatic heterocycles. The molecular weight excluding hydrogens is 275 g/mol. The third-order valence-electron chi connectivity index (χ3n) is 2.21. The minimum absolute atomic E-state index is 0.418. The summed E-state index contributed by atoms with van der Waals surface area (Å²) in [4.78, 5) is 0. The Kier molecular flexibility index (Phi) is 5.37. The predicted octanol–water partition coefficient (Wildman–Crippen LogP) is 4.49. The Labute approximate surface area is 104 Å². The van der Waals surface area contributed by atoms with Gasteiger partial charge in [0.2, 0.25) is 0 Å². The van der Waals surface area contributed by atoms with Crippen LogP contribution in [0.15, 0.2) is 35.3 Å². The highest BCUT2D eigenvalue weighted by Gasteiger charge is 2.08. The number of aliphatic hydroxyl groups is 1. The Morgan fingerprint density at radius 3 is 2.87 bits per heavy atom. The van der Waals surface area contributed by atoms with E-state index < -0.39 is 6.10 Å². The van der Waals surface area contributed by atoms with Crippen LogP contribution in [0, 0.1) is 0 Å². The molecule has 1 atom stereocenters. The summed E-state index contributed by atoms with van der Waals surface area (Å²) < 4.78 is 0.824. The Hall–Kier alpha value is -0.310. The molecule has 0 fully saturated rings. The van der Waals surface area contributed by atoms with Gasteiger partial charge >= 0.3 is 0 Å². The zero-order valence-electron chi connectivity index (χ0n) is 8.42. The van der Waals surface area contributed by atoms with E-state index in [4.69, 9.17) is 11.6 Å². The molecule has 0 bridgehead atoms. The van der Waals surface area contributed by atoms with Gasteiger partial charge in [-0.1, -0.05) is 23.7 Å². The van der Waals surface area contributed by atoms with Gasteiger partial charge in [0.25, 0.3) is 0 Å². The topological polar surface area (TPSA) is 20.2 Å². The summed E-state index contributed by atoms with van der Waals surface area (Å²) in [6, 6.07) is 5.50. The molecule has 1 N–H and O–H groups in total. The van der Waals surface area contributed by atoms with E-state index in [1.165, 1.54) is 0 Å². The minimum atomic E-state index is -0.418. The molecule has 0 radical (unpaired) electrons. The summed E-state index contributed by atoms with van der Waals surface area (Å²) in [6.45, 7) is 3.65. The normalized spacial score (nSPS) is 12.5. The van der Waals surface area contributed by atoms with Crippen LogP contribution in [-0.2, 0) is 0 Å². The van der Waals surface area contributed by atoms with Crippen molar-refractivity contribution in [2.45, 2.75) is 25.4 Å². The van der Waals surface area contributed by atoms with Crippen molar-refractivity contribution in [2.75, 3.05) is 0 Å². The molecule has 15 heavy (non-hydrogen) atoms. The van der Waals surface area contributed by atoms with Crippen LogP contribution in [0.1, 0.15) is 30.9 Å². The van der Waals surface area contributed by atoms with Crippen LogP contribution in [-0.4, -0.2) is 5.11 Å². The van der Waals surface area contributed by atoms with E-state index in [0.29, 0.717) is 5.02 Å². The monoisotopic (exact) mass is 288 g/mol. The maximum absolute atomic E-state index is 9.86. The lowest BCUT2D eigenvalue weighted by Crippen LogP contribution is -1.97. The van der Waals surface area contributed by atoms with Crippen molar-refractivity contribution in [3.8, 4) is 0 Å². The van der Waals surface area contributed by atoms with Gasteiger partial charge in [-0.3, -0.25) is 0 Å². The second-order valence-corrected chi connectivity index (χ2v) is 4.67. The van der Waals surface area contributed by atoms with Crippen molar-refractivity contribution in [3.63, 3.8) is 0 Å². The SMILES string of the molecule is C=CCCCC(O)c1ccc(Cl)c(Br)c1. The molecule has 1 aromatic carbocycles. The fraction of sp³-hybridized carbons (Fsp3) is 0.333. The summed E-state index contributed by atoms with van der Waals surface area (Å²) in [7, 11) is 0. The third-order valence-corrected chi connectivity index (χ3v) is 3.43. The van der Waals surface area contributed by atoms with Gasteiger partial charge in [0, 0.05) is 4.47 Å². The standard InChI is InChI=1S/C12H14BrClO/c1-2-3-4-5-12(15)9-6-7-11(14)10(13)8-9/h2,6-8,12,15H,1,3-5H2. The molecule has 0 aliphatic carbocycles. The van der Waals surface area contributed by atoms with Crippen molar-refractivity contribution in [1.82, 2.24) is 0 Å². The Morgan fingerprint density at radius 1 is 1.53 bits per heavy atom. The molecule has 0 aliphatic heterocycles. The van der Waals surface area contributed by atoms with Crippen molar-refractivity contribution < 1.29 is 5.11 Å². The fourth-order valence-electron chi connectivity index (χ4n) is 1.34. The number of benzene rings is 1. The van der Waals surface area contributed by atoms with Gasteiger partial charge in [0.1, 0.15) is 0 Å². The molecule has 3 heteroatoms. The average molecular weight is 290 g/mol. The second kappa shape index (κ2) is 6.31. The highest BCUT2D eigenvalue weighted by Crippen LogP contribution is 2.27. The molecule has 0 saturated heterocycles. The van der Waals surface area contributed by atoms with Gasteiger partial charge in [0.05, 0.1) is 11.1 Å². The third kappa shape index (κ3) is 3.98. The van der Waals surface area contributed by atoms with E-state index in [2.05, 4.69) is 22.5 Å². The molecule has 0 amide bonds. The summed E-state index contributed by atoms with van der Waals surface area (Å²) >= 11 is 9.21. The molecule has 1 rings (SSSR count). The highest BCUT2D eigenvalue weighted by molar-refractivity contribution is 9.10. The maximum atomic E-state index is 9.86. The summed E-state index contributed by atoms with van der Waals surface area (Å²) in [5.74, 6) is 0. The quantitative estimate of drug-likeness (QED) is 0.625. The lowest BCUT2D eigenvalue weighted by Gasteiger charge is -2.11. The van der Waals surface area contributed by atoms with Crippen LogP contribution in [0.25, 0.3) is 0 Å². The van der Waals surface area contributed by atoms with E-state index in [1.807, 2.05) is 18.2 Å². The lowest BCUT2D eigenvalue weighted by atomic mass is 10.0. The number of allylic oxidation sites excluding steroid dienone is 1. The minimum Gasteiger partial charge on any atom is -0.388 e. The number of unbranched alkanes of at least 4 members (excludes halogenated alkanes) is 1. The van der Waals surface area contributed by atoms with Gasteiger partial charge in [0.15, 0.2) is 0 Å². The molecule has 82 valence electrons. The van der Waals surface area contributed by atoms with Crippen LogP contribution in [0.5, 0.6) is 0 Å². The van der Waals surface area contributed by atoms with Crippen LogP contribution in [0.4, 0.5) is 0 Å². The largest absolute Gasteiger partial charge is 0.388 e. The Morgan fingerprint density at radius 2 is 2.27 bits per heavy atom. The van der Waals surface area contributed by atoms with E-state index in [-0.39, 0.29) is 0 Å². The summed E-state index contributed by atoms with van der Waals surface area (Å²) in [6.07, 6.45) is 4.08. The molecule has 0 saturated carbocycles. The van der Waals surface area contributed by atoms with Crippen molar-refractivity contribution >= 4 is 27.5 Å². The second-order valence-electron chi connectivity index (χ2n) is 3.41. The van der Waals surface area contributed by atoms with Gasteiger partial charge in [-0.15, -0.1) is 6.58 Å². The van der Waals surface area contributed by atoms with Crippen molar-refractivity contribution in [2.24, 2.45) is 0 Å². The fourth-order valence-corrected chi connectivity index (χ4v) is 1.86. The first-order valence-corrected chi connectivity index (χ1v) is 6.06. The summed E-state index contributed by atoms with van der Waals surface area (Å²) in [5, 5.41) is 10.5. The van der Waals surface area contributed by atoms with E-state index in [1.54, 1.807) is 6.07 Å². The zero-order valence-corrected chi connectivity index (χ0v) is 10.8. The Bertz CT molecular complexity index is 338.